The molecule has 0 unspecified atom stereocenters. The Morgan fingerprint density at radius 2 is 2.22 bits per heavy atom. The number of aromatic nitrogens is 1. The van der Waals surface area contributed by atoms with Crippen molar-refractivity contribution in [2.75, 3.05) is 0 Å². The van der Waals surface area contributed by atoms with Gasteiger partial charge in [0.05, 0.1) is 4.88 Å². The third kappa shape index (κ3) is 1.67. The van der Waals surface area contributed by atoms with Crippen molar-refractivity contribution in [2.24, 2.45) is 0 Å². The molecule has 0 saturated carbocycles. The lowest BCUT2D eigenvalue weighted by Crippen LogP contribution is -1.97. The van der Waals surface area contributed by atoms with Crippen LogP contribution >= 0.6 is 11.3 Å². The minimum absolute atomic E-state index is 0.137. The van der Waals surface area contributed by atoms with E-state index in [1.165, 1.54) is 23.5 Å². The van der Waals surface area contributed by atoms with Crippen LogP contribution in [-0.2, 0) is 0 Å². The van der Waals surface area contributed by atoms with Crippen molar-refractivity contribution in [3.63, 3.8) is 0 Å². The van der Waals surface area contributed by atoms with E-state index in [9.17, 15) is 9.18 Å². The van der Waals surface area contributed by atoms with Gasteiger partial charge in [0, 0.05) is 4.70 Å². The van der Waals surface area contributed by atoms with Gasteiger partial charge < -0.3 is 9.52 Å². The normalized spacial score (nSPS) is 10.9. The molecule has 90 valence electrons. The van der Waals surface area contributed by atoms with E-state index in [4.69, 9.17) is 9.52 Å². The molecule has 3 rings (SSSR count). The van der Waals surface area contributed by atoms with E-state index in [0.717, 1.165) is 16.5 Å². The number of carboxylic acid groups (broad SMARTS) is 1. The highest BCUT2D eigenvalue weighted by atomic mass is 32.1. The summed E-state index contributed by atoms with van der Waals surface area (Å²) in [5.41, 5.74) is -0.137. The number of carbonyl (C=O) groups is 1. The summed E-state index contributed by atoms with van der Waals surface area (Å²) < 4.78 is 18.9. The number of oxazole rings is 1. The molecule has 0 spiro atoms. The van der Waals surface area contributed by atoms with Crippen LogP contribution in [0.15, 0.2) is 35.1 Å². The number of benzene rings is 1. The molecule has 0 aliphatic carbocycles. The van der Waals surface area contributed by atoms with E-state index in [2.05, 4.69) is 4.98 Å². The van der Waals surface area contributed by atoms with Crippen molar-refractivity contribution in [2.45, 2.75) is 0 Å². The van der Waals surface area contributed by atoms with Gasteiger partial charge in [-0.15, -0.1) is 11.3 Å². The summed E-state index contributed by atoms with van der Waals surface area (Å²) in [6.07, 6.45) is 1.09. The summed E-state index contributed by atoms with van der Waals surface area (Å²) in [7, 11) is 0. The molecular weight excluding hydrogens is 257 g/mol. The molecular formula is C12H6FNO3S. The first-order valence-corrected chi connectivity index (χ1v) is 5.83. The van der Waals surface area contributed by atoms with Crippen LogP contribution < -0.4 is 0 Å². The molecule has 0 saturated heterocycles. The van der Waals surface area contributed by atoms with E-state index >= 15 is 0 Å². The average Bonchev–Trinajstić information content (AvgIpc) is 2.93. The van der Waals surface area contributed by atoms with Gasteiger partial charge in [-0.1, -0.05) is 6.07 Å². The molecule has 0 amide bonds. The second kappa shape index (κ2) is 3.92. The number of fused-ring (bicyclic) bond motifs is 1. The highest BCUT2D eigenvalue weighted by Crippen LogP contribution is 2.35. The van der Waals surface area contributed by atoms with E-state index in [0.29, 0.717) is 4.88 Å². The first-order chi connectivity index (χ1) is 8.65. The summed E-state index contributed by atoms with van der Waals surface area (Å²) >= 11 is 1.26. The van der Waals surface area contributed by atoms with Crippen molar-refractivity contribution in [1.82, 2.24) is 4.98 Å². The number of rotatable bonds is 2. The lowest BCUT2D eigenvalue weighted by atomic mass is 10.2. The lowest BCUT2D eigenvalue weighted by molar-refractivity contribution is 0.0691. The Bertz CT molecular complexity index is 747. The molecule has 0 atom stereocenters. The molecule has 2 aromatic heterocycles. The van der Waals surface area contributed by atoms with Gasteiger partial charge in [0.1, 0.15) is 5.82 Å². The Labute approximate surface area is 104 Å². The third-order valence-electron chi connectivity index (χ3n) is 2.48. The zero-order valence-electron chi connectivity index (χ0n) is 8.88. The van der Waals surface area contributed by atoms with Crippen LogP contribution in [0.25, 0.3) is 20.7 Å². The molecule has 0 aliphatic heterocycles. The van der Waals surface area contributed by atoms with Crippen LogP contribution in [0.4, 0.5) is 4.39 Å². The number of thiophene rings is 1. The molecule has 0 radical (unpaired) electrons. The standard InChI is InChI=1S/C12H6FNO3S/c13-7-2-1-6-3-9(18-8(6)4-7)11-10(12(15)16)14-5-17-11/h1-5H,(H,15,16). The molecule has 0 bridgehead atoms. The minimum Gasteiger partial charge on any atom is -0.476 e. The summed E-state index contributed by atoms with van der Waals surface area (Å²) in [5, 5.41) is 9.79. The Morgan fingerprint density at radius 1 is 1.39 bits per heavy atom. The van der Waals surface area contributed by atoms with Crippen molar-refractivity contribution in [1.29, 1.82) is 0 Å². The molecule has 18 heavy (non-hydrogen) atoms. The van der Waals surface area contributed by atoms with Crippen molar-refractivity contribution in [3.8, 4) is 10.6 Å². The summed E-state index contributed by atoms with van der Waals surface area (Å²) in [6.45, 7) is 0. The Kier molecular flexibility index (Phi) is 2.38. The highest BCUT2D eigenvalue weighted by Gasteiger charge is 2.19. The van der Waals surface area contributed by atoms with Gasteiger partial charge in [-0.2, -0.15) is 0 Å². The summed E-state index contributed by atoms with van der Waals surface area (Å²) in [6, 6.07) is 6.16. The largest absolute Gasteiger partial charge is 0.476 e. The predicted molar refractivity (Wildman–Crippen MR) is 64.2 cm³/mol. The van der Waals surface area contributed by atoms with Gasteiger partial charge in [0.2, 0.25) is 0 Å². The second-order valence-electron chi connectivity index (χ2n) is 3.63. The fourth-order valence-electron chi connectivity index (χ4n) is 1.69. The maximum absolute atomic E-state index is 13.1. The number of nitrogens with zero attached hydrogens (tertiary/aromatic N) is 1. The Morgan fingerprint density at radius 3 is 3.00 bits per heavy atom. The molecule has 1 aromatic carbocycles. The van der Waals surface area contributed by atoms with Gasteiger partial charge in [0.15, 0.2) is 17.8 Å². The fourth-order valence-corrected chi connectivity index (χ4v) is 2.77. The number of aromatic carboxylic acids is 1. The van der Waals surface area contributed by atoms with E-state index in [1.807, 2.05) is 0 Å². The lowest BCUT2D eigenvalue weighted by Gasteiger charge is -1.91. The van der Waals surface area contributed by atoms with Gasteiger partial charge in [-0.25, -0.2) is 14.2 Å². The minimum atomic E-state index is -1.15. The molecule has 1 N–H and O–H groups in total. The van der Waals surface area contributed by atoms with Crippen molar-refractivity contribution in [3.05, 3.63) is 42.2 Å². The van der Waals surface area contributed by atoms with Crippen LogP contribution in [0.3, 0.4) is 0 Å². The Balaban J connectivity index is 2.19. The topological polar surface area (TPSA) is 63.3 Å². The number of carboxylic acids is 1. The first-order valence-electron chi connectivity index (χ1n) is 5.01. The number of hydrogen-bond acceptors (Lipinski definition) is 4. The quantitative estimate of drug-likeness (QED) is 0.769. The van der Waals surface area contributed by atoms with Gasteiger partial charge in [0.25, 0.3) is 0 Å². The maximum atomic E-state index is 13.1. The first kappa shape index (κ1) is 10.9. The van der Waals surface area contributed by atoms with E-state index < -0.39 is 5.97 Å². The zero-order chi connectivity index (χ0) is 12.7. The molecule has 2 heterocycles. The second-order valence-corrected chi connectivity index (χ2v) is 4.71. The van der Waals surface area contributed by atoms with E-state index in [-0.39, 0.29) is 17.3 Å². The molecule has 6 heteroatoms. The highest BCUT2D eigenvalue weighted by molar-refractivity contribution is 7.22. The van der Waals surface area contributed by atoms with Crippen LogP contribution in [-0.4, -0.2) is 16.1 Å². The summed E-state index contributed by atoms with van der Waals surface area (Å²) in [4.78, 5) is 15.2. The molecule has 4 nitrogen and oxygen atoms in total. The Hall–Kier alpha value is -2.21. The monoisotopic (exact) mass is 263 g/mol. The van der Waals surface area contributed by atoms with Crippen LogP contribution in [0.1, 0.15) is 10.5 Å². The fraction of sp³-hybridized carbons (Fsp3) is 0. The maximum Gasteiger partial charge on any atom is 0.358 e. The average molecular weight is 263 g/mol. The van der Waals surface area contributed by atoms with Gasteiger partial charge in [-0.05, 0) is 23.6 Å². The molecule has 3 aromatic rings. The van der Waals surface area contributed by atoms with Crippen molar-refractivity contribution < 1.29 is 18.7 Å². The zero-order valence-corrected chi connectivity index (χ0v) is 9.70. The van der Waals surface area contributed by atoms with Crippen molar-refractivity contribution >= 4 is 27.4 Å². The van der Waals surface area contributed by atoms with Crippen LogP contribution in [0, 0.1) is 5.82 Å². The molecule has 0 aliphatic rings. The number of hydrogen-bond donors (Lipinski definition) is 1. The van der Waals surface area contributed by atoms with Gasteiger partial charge >= 0.3 is 5.97 Å². The molecule has 0 fully saturated rings. The number of halogens is 1. The smallest absolute Gasteiger partial charge is 0.358 e. The van der Waals surface area contributed by atoms with Crippen LogP contribution in [0.5, 0.6) is 0 Å². The van der Waals surface area contributed by atoms with E-state index in [1.54, 1.807) is 12.1 Å². The third-order valence-corrected chi connectivity index (χ3v) is 3.57. The van der Waals surface area contributed by atoms with Crippen LogP contribution in [0.2, 0.25) is 0 Å². The predicted octanol–water partition coefficient (Wildman–Crippen LogP) is 3.39. The van der Waals surface area contributed by atoms with Gasteiger partial charge in [-0.3, -0.25) is 0 Å². The SMILES string of the molecule is O=C(O)c1ncoc1-c1cc2ccc(F)cc2s1. The summed E-state index contributed by atoms with van der Waals surface area (Å²) in [5.74, 6) is -1.28.